The molecule has 5 nitrogen and oxygen atoms in total. The fourth-order valence-electron chi connectivity index (χ4n) is 1.13. The summed E-state index contributed by atoms with van der Waals surface area (Å²) in [6, 6.07) is 0. The Labute approximate surface area is 82.0 Å². The Balaban J connectivity index is 2.38. The highest BCUT2D eigenvalue weighted by Crippen LogP contribution is 2.08. The largest absolute Gasteiger partial charge is 0.449 e. The summed E-state index contributed by atoms with van der Waals surface area (Å²) in [6.45, 7) is 2.42. The summed E-state index contributed by atoms with van der Waals surface area (Å²) in [6.07, 6.45) is 1.10. The average molecular weight is 199 g/mol. The van der Waals surface area contributed by atoms with Gasteiger partial charge in [0.1, 0.15) is 0 Å². The highest BCUT2D eigenvalue weighted by Gasteiger charge is 2.34. The van der Waals surface area contributed by atoms with Gasteiger partial charge in [-0.1, -0.05) is 13.3 Å². The number of nitrogens with zero attached hydrogens (tertiary/aromatic N) is 1. The quantitative estimate of drug-likeness (QED) is 0.496. The van der Waals surface area contributed by atoms with E-state index in [0.29, 0.717) is 6.61 Å². The van der Waals surface area contributed by atoms with Crippen molar-refractivity contribution >= 4 is 17.8 Å². The molecule has 14 heavy (non-hydrogen) atoms. The van der Waals surface area contributed by atoms with Crippen molar-refractivity contribution in [3.05, 3.63) is 0 Å². The van der Waals surface area contributed by atoms with Gasteiger partial charge in [-0.2, -0.15) is 0 Å². The molecule has 0 bridgehead atoms. The fourth-order valence-corrected chi connectivity index (χ4v) is 1.13. The molecule has 0 saturated carbocycles. The molecule has 0 N–H and O–H groups in total. The van der Waals surface area contributed by atoms with Crippen LogP contribution in [0.3, 0.4) is 0 Å². The molecule has 0 aromatic carbocycles. The number of amides is 2. The van der Waals surface area contributed by atoms with E-state index in [1.54, 1.807) is 0 Å². The van der Waals surface area contributed by atoms with Gasteiger partial charge in [0.25, 0.3) is 5.91 Å². The van der Waals surface area contributed by atoms with Gasteiger partial charge in [-0.3, -0.25) is 9.59 Å². The van der Waals surface area contributed by atoms with Gasteiger partial charge in [0, 0.05) is 13.0 Å². The number of Topliss-reactive ketones (excluding diaryl/α,β-unsaturated/α-hetero) is 1. The van der Waals surface area contributed by atoms with Gasteiger partial charge in [-0.25, -0.2) is 9.69 Å². The molecule has 0 unspecified atom stereocenters. The van der Waals surface area contributed by atoms with E-state index in [9.17, 15) is 14.4 Å². The van der Waals surface area contributed by atoms with E-state index < -0.39 is 17.8 Å². The zero-order chi connectivity index (χ0) is 10.6. The van der Waals surface area contributed by atoms with Crippen molar-refractivity contribution in [3.63, 3.8) is 0 Å². The fraction of sp³-hybridized carbons (Fsp3) is 0.667. The van der Waals surface area contributed by atoms with Crippen LogP contribution in [0.5, 0.6) is 0 Å². The second-order valence-corrected chi connectivity index (χ2v) is 3.10. The van der Waals surface area contributed by atoms with Gasteiger partial charge >= 0.3 is 6.09 Å². The molecule has 2 amide bonds. The number of ketones is 1. The molecular formula is C9H13NO4. The molecule has 5 heteroatoms. The van der Waals surface area contributed by atoms with Gasteiger partial charge in [0.2, 0.25) is 5.78 Å². The van der Waals surface area contributed by atoms with Crippen molar-refractivity contribution < 1.29 is 19.1 Å². The highest BCUT2D eigenvalue weighted by atomic mass is 16.6. The predicted octanol–water partition coefficient (Wildman–Crippen LogP) is 0.724. The Kier molecular flexibility index (Phi) is 3.62. The Morgan fingerprint density at radius 2 is 2.21 bits per heavy atom. The summed E-state index contributed by atoms with van der Waals surface area (Å²) in [4.78, 5) is 33.9. The van der Waals surface area contributed by atoms with Gasteiger partial charge in [-0.15, -0.1) is 0 Å². The standard InChI is InChI=1S/C9H13NO4/c1-2-3-6-14-9(13)10-5-4-7(11)8(10)12/h2-6H2,1H3. The van der Waals surface area contributed by atoms with E-state index >= 15 is 0 Å². The molecule has 0 aliphatic carbocycles. The van der Waals surface area contributed by atoms with E-state index in [1.165, 1.54) is 0 Å². The predicted molar refractivity (Wildman–Crippen MR) is 47.6 cm³/mol. The number of hydrogen-bond donors (Lipinski definition) is 0. The molecule has 1 heterocycles. The van der Waals surface area contributed by atoms with Crippen LogP contribution >= 0.6 is 0 Å². The Morgan fingerprint density at radius 1 is 1.50 bits per heavy atom. The van der Waals surface area contributed by atoms with Crippen LogP contribution in [-0.2, 0) is 14.3 Å². The smallest absolute Gasteiger partial charge is 0.416 e. The van der Waals surface area contributed by atoms with Crippen molar-refractivity contribution in [2.24, 2.45) is 0 Å². The number of carbonyl (C=O) groups is 3. The number of ether oxygens (including phenoxy) is 1. The molecule has 0 aromatic heterocycles. The number of likely N-dealkylation sites (tertiary alicyclic amines) is 1. The molecule has 0 atom stereocenters. The number of unbranched alkanes of at least 4 members (excludes halogenated alkanes) is 1. The first-order chi connectivity index (χ1) is 6.66. The first-order valence-electron chi connectivity index (χ1n) is 4.68. The zero-order valence-corrected chi connectivity index (χ0v) is 8.12. The van der Waals surface area contributed by atoms with Crippen molar-refractivity contribution in [1.29, 1.82) is 0 Å². The lowest BCUT2D eigenvalue weighted by molar-refractivity contribution is -0.139. The Hall–Kier alpha value is -1.39. The first-order valence-corrected chi connectivity index (χ1v) is 4.68. The third kappa shape index (κ3) is 2.31. The highest BCUT2D eigenvalue weighted by molar-refractivity contribution is 6.40. The zero-order valence-electron chi connectivity index (χ0n) is 8.12. The summed E-state index contributed by atoms with van der Waals surface area (Å²) < 4.78 is 4.80. The number of hydrogen-bond acceptors (Lipinski definition) is 4. The van der Waals surface area contributed by atoms with Gasteiger partial charge in [0.15, 0.2) is 0 Å². The minimum absolute atomic E-state index is 0.113. The van der Waals surface area contributed by atoms with Crippen LogP contribution in [0.25, 0.3) is 0 Å². The lowest BCUT2D eigenvalue weighted by Crippen LogP contribution is -2.34. The van der Waals surface area contributed by atoms with Crippen LogP contribution in [0.4, 0.5) is 4.79 Å². The maximum atomic E-state index is 11.2. The molecule has 1 rings (SSSR count). The molecule has 1 aliphatic heterocycles. The summed E-state index contributed by atoms with van der Waals surface area (Å²) in [5, 5.41) is 0. The van der Waals surface area contributed by atoms with Gasteiger partial charge in [0.05, 0.1) is 6.61 Å². The maximum Gasteiger partial charge on any atom is 0.416 e. The molecule has 1 saturated heterocycles. The van der Waals surface area contributed by atoms with Crippen molar-refractivity contribution in [1.82, 2.24) is 4.90 Å². The summed E-state index contributed by atoms with van der Waals surface area (Å²) in [5.74, 6) is -1.26. The molecule has 78 valence electrons. The first kappa shape index (κ1) is 10.7. The second-order valence-electron chi connectivity index (χ2n) is 3.10. The van der Waals surface area contributed by atoms with Gasteiger partial charge < -0.3 is 4.74 Å². The summed E-state index contributed by atoms with van der Waals surface area (Å²) in [5.41, 5.74) is 0. The normalized spacial score (nSPS) is 16.2. The van der Waals surface area contributed by atoms with E-state index in [-0.39, 0.29) is 13.0 Å². The van der Waals surface area contributed by atoms with Crippen LogP contribution in [0.2, 0.25) is 0 Å². The van der Waals surface area contributed by atoms with E-state index in [0.717, 1.165) is 17.7 Å². The lowest BCUT2D eigenvalue weighted by Gasteiger charge is -2.11. The third-order valence-electron chi connectivity index (χ3n) is 1.99. The van der Waals surface area contributed by atoms with Crippen molar-refractivity contribution in [2.45, 2.75) is 26.2 Å². The van der Waals surface area contributed by atoms with E-state index in [2.05, 4.69) is 0 Å². The summed E-state index contributed by atoms with van der Waals surface area (Å²) in [7, 11) is 0. The molecule has 0 spiro atoms. The minimum Gasteiger partial charge on any atom is -0.449 e. The van der Waals surface area contributed by atoms with Crippen LogP contribution in [0.1, 0.15) is 26.2 Å². The van der Waals surface area contributed by atoms with Crippen LogP contribution in [0, 0.1) is 0 Å². The molecule has 1 aliphatic rings. The van der Waals surface area contributed by atoms with Crippen LogP contribution in [0.15, 0.2) is 0 Å². The van der Waals surface area contributed by atoms with Crippen LogP contribution < -0.4 is 0 Å². The van der Waals surface area contributed by atoms with E-state index in [1.807, 2.05) is 6.92 Å². The molecular weight excluding hydrogens is 186 g/mol. The molecule has 1 fully saturated rings. The monoisotopic (exact) mass is 199 g/mol. The number of rotatable bonds is 3. The minimum atomic E-state index is -0.744. The molecule has 0 aromatic rings. The number of carbonyl (C=O) groups excluding carboxylic acids is 3. The Bertz CT molecular complexity index is 262. The lowest BCUT2D eigenvalue weighted by atomic mass is 10.3. The topological polar surface area (TPSA) is 63.7 Å². The molecule has 0 radical (unpaired) electrons. The van der Waals surface area contributed by atoms with Gasteiger partial charge in [-0.05, 0) is 6.42 Å². The van der Waals surface area contributed by atoms with Crippen molar-refractivity contribution in [2.75, 3.05) is 13.2 Å². The van der Waals surface area contributed by atoms with Crippen molar-refractivity contribution in [3.8, 4) is 0 Å². The number of imide groups is 1. The summed E-state index contributed by atoms with van der Waals surface area (Å²) >= 11 is 0. The third-order valence-corrected chi connectivity index (χ3v) is 1.99. The second kappa shape index (κ2) is 4.74. The Morgan fingerprint density at radius 3 is 2.71 bits per heavy atom. The SMILES string of the molecule is CCCCOC(=O)N1CCC(=O)C1=O. The maximum absolute atomic E-state index is 11.2. The van der Waals surface area contributed by atoms with Crippen LogP contribution in [-0.4, -0.2) is 35.8 Å². The van der Waals surface area contributed by atoms with E-state index in [4.69, 9.17) is 4.74 Å². The average Bonchev–Trinajstić information content (AvgIpc) is 2.48.